The van der Waals surface area contributed by atoms with Crippen LogP contribution in [0.3, 0.4) is 0 Å². The number of hydrogen-bond acceptors (Lipinski definition) is 8. The van der Waals surface area contributed by atoms with E-state index in [4.69, 9.17) is 24.2 Å². The predicted octanol–water partition coefficient (Wildman–Crippen LogP) is 2.52. The van der Waals surface area contributed by atoms with Gasteiger partial charge >= 0.3 is 0 Å². The summed E-state index contributed by atoms with van der Waals surface area (Å²) < 4.78 is 16.5. The minimum Gasteiger partial charge on any atom is -0.493 e. The quantitative estimate of drug-likeness (QED) is 0.775. The Balaban J connectivity index is 1.41. The summed E-state index contributed by atoms with van der Waals surface area (Å²) in [6, 6.07) is 5.08. The van der Waals surface area contributed by atoms with E-state index in [1.54, 1.807) is 14.2 Å². The number of benzene rings is 1. The summed E-state index contributed by atoms with van der Waals surface area (Å²) >= 11 is 0. The van der Waals surface area contributed by atoms with Crippen molar-refractivity contribution in [3.8, 4) is 11.5 Å². The van der Waals surface area contributed by atoms with Crippen molar-refractivity contribution in [1.29, 1.82) is 0 Å². The fourth-order valence-corrected chi connectivity index (χ4v) is 4.49. The molecule has 30 heavy (non-hydrogen) atoms. The largest absolute Gasteiger partial charge is 0.493 e. The van der Waals surface area contributed by atoms with E-state index in [1.807, 2.05) is 12.1 Å². The molecular formula is C22H31N5O3. The van der Waals surface area contributed by atoms with E-state index in [9.17, 15) is 0 Å². The van der Waals surface area contributed by atoms with Crippen molar-refractivity contribution in [3.05, 3.63) is 12.1 Å². The van der Waals surface area contributed by atoms with E-state index in [0.29, 0.717) is 23.6 Å². The Morgan fingerprint density at radius 1 is 0.933 bits per heavy atom. The molecule has 3 fully saturated rings. The summed E-state index contributed by atoms with van der Waals surface area (Å²) in [5.74, 6) is 3.09. The molecule has 8 nitrogen and oxygen atoms in total. The average molecular weight is 414 g/mol. The lowest BCUT2D eigenvalue weighted by molar-refractivity contribution is 0.0114. The fourth-order valence-electron chi connectivity index (χ4n) is 4.49. The molecule has 162 valence electrons. The smallest absolute Gasteiger partial charge is 0.227 e. The average Bonchev–Trinajstić information content (AvgIpc) is 3.63. The van der Waals surface area contributed by atoms with Crippen LogP contribution in [0.4, 0.5) is 11.8 Å². The van der Waals surface area contributed by atoms with Gasteiger partial charge in [-0.2, -0.15) is 4.98 Å². The number of rotatable bonds is 6. The molecular weight excluding hydrogens is 382 g/mol. The van der Waals surface area contributed by atoms with Crippen LogP contribution in [0.1, 0.15) is 25.7 Å². The Bertz CT molecular complexity index is 890. The van der Waals surface area contributed by atoms with Gasteiger partial charge < -0.3 is 24.4 Å². The molecule has 1 saturated carbocycles. The Labute approximate surface area is 177 Å². The van der Waals surface area contributed by atoms with E-state index in [0.717, 1.165) is 74.9 Å². The first-order valence-corrected chi connectivity index (χ1v) is 11.0. The summed E-state index contributed by atoms with van der Waals surface area (Å²) in [5.41, 5.74) is 0.885. The van der Waals surface area contributed by atoms with Crippen molar-refractivity contribution in [1.82, 2.24) is 14.9 Å². The second-order valence-corrected chi connectivity index (χ2v) is 8.38. The van der Waals surface area contributed by atoms with Gasteiger partial charge in [-0.3, -0.25) is 4.90 Å². The van der Waals surface area contributed by atoms with Crippen LogP contribution in [0.15, 0.2) is 12.1 Å². The number of ether oxygens (including phenoxy) is 3. The van der Waals surface area contributed by atoms with Crippen molar-refractivity contribution in [3.63, 3.8) is 0 Å². The lowest BCUT2D eigenvalue weighted by Crippen LogP contribution is -2.49. The van der Waals surface area contributed by atoms with Gasteiger partial charge in [0.25, 0.3) is 0 Å². The number of aromatic nitrogens is 2. The molecule has 0 spiro atoms. The first-order chi connectivity index (χ1) is 14.7. The predicted molar refractivity (Wildman–Crippen MR) is 117 cm³/mol. The second kappa shape index (κ2) is 8.43. The van der Waals surface area contributed by atoms with Crippen LogP contribution in [0.25, 0.3) is 10.9 Å². The standard InChI is InChI=1S/C22H31N5O3/c1-28-19-13-17-18(14-20(19)29-2)24-22(25-21(17)23-15-3-4-15)27-7-5-16(6-8-27)26-9-11-30-12-10-26/h13-16H,3-12H2,1-2H3,(H,23,24,25). The van der Waals surface area contributed by atoms with E-state index in [2.05, 4.69) is 15.1 Å². The number of piperidine rings is 1. The van der Waals surface area contributed by atoms with Crippen LogP contribution in [0.5, 0.6) is 11.5 Å². The highest BCUT2D eigenvalue weighted by Gasteiger charge is 2.28. The SMILES string of the molecule is COc1cc2nc(N3CCC(N4CCOCC4)CC3)nc(NC3CC3)c2cc1OC. The maximum Gasteiger partial charge on any atom is 0.227 e. The molecule has 2 aliphatic heterocycles. The molecule has 0 amide bonds. The fraction of sp³-hybridized carbons (Fsp3) is 0.636. The van der Waals surface area contributed by atoms with Gasteiger partial charge in [0.15, 0.2) is 11.5 Å². The van der Waals surface area contributed by atoms with Crippen molar-refractivity contribution < 1.29 is 14.2 Å². The summed E-state index contributed by atoms with van der Waals surface area (Å²) in [5, 5.41) is 4.57. The summed E-state index contributed by atoms with van der Waals surface area (Å²) in [6.07, 6.45) is 4.66. The van der Waals surface area contributed by atoms with Gasteiger partial charge in [0, 0.05) is 49.7 Å². The van der Waals surface area contributed by atoms with Gasteiger partial charge in [-0.1, -0.05) is 0 Å². The zero-order valence-electron chi connectivity index (χ0n) is 17.9. The molecule has 5 rings (SSSR count). The van der Waals surface area contributed by atoms with Gasteiger partial charge in [-0.15, -0.1) is 0 Å². The van der Waals surface area contributed by atoms with Crippen LogP contribution >= 0.6 is 0 Å². The number of nitrogens with zero attached hydrogens (tertiary/aromatic N) is 4. The zero-order valence-corrected chi connectivity index (χ0v) is 17.9. The molecule has 3 heterocycles. The van der Waals surface area contributed by atoms with Crippen LogP contribution in [0, 0.1) is 0 Å². The monoisotopic (exact) mass is 413 g/mol. The van der Waals surface area contributed by atoms with Crippen LogP contribution in [-0.4, -0.2) is 80.6 Å². The van der Waals surface area contributed by atoms with Gasteiger partial charge in [-0.05, 0) is 31.7 Å². The van der Waals surface area contributed by atoms with Crippen molar-refractivity contribution in [2.45, 2.75) is 37.8 Å². The molecule has 1 N–H and O–H groups in total. The lowest BCUT2D eigenvalue weighted by Gasteiger charge is -2.40. The van der Waals surface area contributed by atoms with Crippen LogP contribution < -0.4 is 19.7 Å². The molecule has 0 radical (unpaired) electrons. The van der Waals surface area contributed by atoms with E-state index >= 15 is 0 Å². The maximum atomic E-state index is 5.51. The number of methoxy groups -OCH3 is 2. The number of nitrogens with one attached hydrogen (secondary N) is 1. The summed E-state index contributed by atoms with van der Waals surface area (Å²) in [6.45, 7) is 5.76. The maximum absolute atomic E-state index is 5.51. The van der Waals surface area contributed by atoms with Crippen LogP contribution in [0.2, 0.25) is 0 Å². The molecule has 0 atom stereocenters. The molecule has 1 aromatic carbocycles. The summed E-state index contributed by atoms with van der Waals surface area (Å²) in [7, 11) is 3.32. The Morgan fingerprint density at radius 2 is 1.63 bits per heavy atom. The topological polar surface area (TPSA) is 72.0 Å². The van der Waals surface area contributed by atoms with Crippen molar-refractivity contribution in [2.75, 3.05) is 63.8 Å². The number of hydrogen-bond donors (Lipinski definition) is 1. The summed E-state index contributed by atoms with van der Waals surface area (Å²) in [4.78, 5) is 14.8. The molecule has 3 aliphatic rings. The minimum absolute atomic E-state index is 0.510. The van der Waals surface area contributed by atoms with E-state index in [-0.39, 0.29) is 0 Å². The number of fused-ring (bicyclic) bond motifs is 1. The molecule has 0 unspecified atom stereocenters. The minimum atomic E-state index is 0.510. The Hall–Kier alpha value is -2.32. The van der Waals surface area contributed by atoms with Gasteiger partial charge in [0.05, 0.1) is 33.0 Å². The van der Waals surface area contributed by atoms with Gasteiger partial charge in [0.1, 0.15) is 5.82 Å². The number of morpholine rings is 1. The van der Waals surface area contributed by atoms with Crippen molar-refractivity contribution in [2.24, 2.45) is 0 Å². The normalized spacial score (nSPS) is 21.1. The third kappa shape index (κ3) is 3.98. The molecule has 1 aromatic heterocycles. The zero-order chi connectivity index (χ0) is 20.5. The first-order valence-electron chi connectivity index (χ1n) is 11.0. The van der Waals surface area contributed by atoms with E-state index < -0.39 is 0 Å². The highest BCUT2D eigenvalue weighted by molar-refractivity contribution is 5.93. The highest BCUT2D eigenvalue weighted by Crippen LogP contribution is 2.37. The Kier molecular flexibility index (Phi) is 5.52. The third-order valence-corrected chi connectivity index (χ3v) is 6.42. The van der Waals surface area contributed by atoms with E-state index in [1.165, 1.54) is 12.8 Å². The van der Waals surface area contributed by atoms with Gasteiger partial charge in [0.2, 0.25) is 5.95 Å². The van der Waals surface area contributed by atoms with Crippen LogP contribution in [-0.2, 0) is 4.74 Å². The van der Waals surface area contributed by atoms with Gasteiger partial charge in [-0.25, -0.2) is 4.98 Å². The highest BCUT2D eigenvalue weighted by atomic mass is 16.5. The molecule has 1 aliphatic carbocycles. The molecule has 0 bridgehead atoms. The molecule has 2 saturated heterocycles. The Morgan fingerprint density at radius 3 is 2.30 bits per heavy atom. The molecule has 8 heteroatoms. The first kappa shape index (κ1) is 19.6. The third-order valence-electron chi connectivity index (χ3n) is 6.42. The second-order valence-electron chi connectivity index (χ2n) is 8.38. The van der Waals surface area contributed by atoms with Crippen molar-refractivity contribution >= 4 is 22.7 Å². The number of anilines is 2. The molecule has 2 aromatic rings. The lowest BCUT2D eigenvalue weighted by atomic mass is 10.0.